The molecule has 0 aromatic carbocycles. The summed E-state index contributed by atoms with van der Waals surface area (Å²) in [6.07, 6.45) is 0. The van der Waals surface area contributed by atoms with Gasteiger partial charge in [0.05, 0.1) is 0 Å². The molecule has 0 aromatic rings. The van der Waals surface area contributed by atoms with E-state index in [1.165, 1.54) is 0 Å². The molecule has 0 saturated heterocycles. The third-order valence-electron chi connectivity index (χ3n) is 0. The van der Waals surface area contributed by atoms with Crippen LogP contribution >= 0.6 is 0 Å². The van der Waals surface area contributed by atoms with Crippen molar-refractivity contribution in [1.82, 2.24) is 0 Å². The Balaban J connectivity index is -0.0000000476. The van der Waals surface area contributed by atoms with Crippen molar-refractivity contribution < 1.29 is 83.4 Å². The minimum absolute atomic E-state index is 0. The molecule has 26 heteroatoms. The zero-order valence-electron chi connectivity index (χ0n) is 11.5. The summed E-state index contributed by atoms with van der Waals surface area (Å²) in [5, 5.41) is 18.9. The fraction of sp³-hybridized carbons (Fsp3) is 0. The van der Waals surface area contributed by atoms with Crippen LogP contribution in [0.4, 0.5) is 0 Å². The molecular weight excluding hydrogens is 521 g/mol. The van der Waals surface area contributed by atoms with Crippen molar-refractivity contribution in [1.29, 1.82) is 0 Å². The molecule has 0 unspecified atom stereocenters. The molecule has 0 saturated carbocycles. The zero-order chi connectivity index (χ0) is 22.5. The van der Waals surface area contributed by atoms with Crippen LogP contribution in [0.2, 0.25) is 0 Å². The molecule has 0 fully saturated rings. The molecule has 0 aromatic heterocycles. The van der Waals surface area contributed by atoms with Crippen LogP contribution in [-0.2, 0) is 70.1 Å². The molecule has 20 nitrogen and oxygen atoms in total. The first kappa shape index (κ1) is 40.6. The third-order valence-corrected chi connectivity index (χ3v) is 0. The monoisotopic (exact) mass is 531 g/mol. The average molecular weight is 531 g/mol. The maximum absolute atomic E-state index is 8.85. The summed E-state index contributed by atoms with van der Waals surface area (Å²) in [5.74, 6) is 0. The first-order chi connectivity index (χ1) is 10.0. The first-order valence-corrected chi connectivity index (χ1v) is 11.0. The summed E-state index contributed by atoms with van der Waals surface area (Å²) in [5.41, 5.74) is 0. The molecule has 0 amide bonds. The number of hydrogen-bond donors (Lipinski definition) is 5. The molecule has 10 N–H and O–H groups in total. The molecule has 0 heterocycles. The fourth-order valence-corrected chi connectivity index (χ4v) is 0. The van der Waals surface area contributed by atoms with E-state index in [1.54, 1.807) is 0 Å². The SMILES string of the molecule is NS(=O)(=O)[O-].NS(=O)(=O)[O-].NS(=O)(=O)[O-].NS(=O)(=O)[O-].NS(=O)(=O)[O-].[V]. The van der Waals surface area contributed by atoms with E-state index in [0.717, 1.165) is 0 Å². The Kier molecular flexibility index (Phi) is 24.9. The Bertz CT molecular complexity index is 631. The summed E-state index contributed by atoms with van der Waals surface area (Å²) in [6, 6.07) is 0. The minimum Gasteiger partial charge on any atom is -0.736 e. The summed E-state index contributed by atoms with van der Waals surface area (Å²) in [4.78, 5) is 0. The van der Waals surface area contributed by atoms with Crippen LogP contribution in [0, 0.1) is 0 Å². The molecule has 0 spiro atoms. The Morgan fingerprint density at radius 1 is 0.346 bits per heavy atom. The Hall–Kier alpha value is -0.0656. The van der Waals surface area contributed by atoms with Crippen molar-refractivity contribution in [3.63, 3.8) is 0 Å². The zero-order valence-corrected chi connectivity index (χ0v) is 17.0. The fourth-order valence-electron chi connectivity index (χ4n) is 0. The Labute approximate surface area is 160 Å². The van der Waals surface area contributed by atoms with Gasteiger partial charge < -0.3 is 22.8 Å². The van der Waals surface area contributed by atoms with Gasteiger partial charge in [-0.1, -0.05) is 0 Å². The summed E-state index contributed by atoms with van der Waals surface area (Å²) in [7, 11) is -22.1. The summed E-state index contributed by atoms with van der Waals surface area (Å²) >= 11 is 0. The summed E-state index contributed by atoms with van der Waals surface area (Å²) in [6.45, 7) is 0. The van der Waals surface area contributed by atoms with Crippen LogP contribution in [0.5, 0.6) is 0 Å². The van der Waals surface area contributed by atoms with E-state index in [1.807, 2.05) is 0 Å². The van der Waals surface area contributed by atoms with Crippen molar-refractivity contribution in [2.24, 2.45) is 25.7 Å². The second-order valence-corrected chi connectivity index (χ2v) is 7.39. The van der Waals surface area contributed by atoms with Gasteiger partial charge in [0.25, 0.3) is 0 Å². The van der Waals surface area contributed by atoms with E-state index in [4.69, 9.17) is 64.9 Å². The predicted molar refractivity (Wildman–Crippen MR) is 69.4 cm³/mol. The molecule has 0 aliphatic carbocycles. The van der Waals surface area contributed by atoms with E-state index in [2.05, 4.69) is 25.7 Å². The molecule has 26 heavy (non-hydrogen) atoms. The van der Waals surface area contributed by atoms with Crippen LogP contribution in [0.25, 0.3) is 0 Å². The molecule has 0 aliphatic rings. The van der Waals surface area contributed by atoms with E-state index < -0.39 is 51.5 Å². The molecule has 165 valence electrons. The van der Waals surface area contributed by atoms with Gasteiger partial charge in [-0.25, -0.2) is 67.8 Å². The smallest absolute Gasteiger partial charge is 0.156 e. The molecule has 0 bridgehead atoms. The van der Waals surface area contributed by atoms with Gasteiger partial charge in [0.1, 0.15) is 0 Å². The normalized spacial score (nSPS) is 11.2. The summed E-state index contributed by atoms with van der Waals surface area (Å²) < 4.78 is 133. The Morgan fingerprint density at radius 3 is 0.346 bits per heavy atom. The topological polar surface area (TPSA) is 416 Å². The van der Waals surface area contributed by atoms with Gasteiger partial charge in [-0.2, -0.15) is 0 Å². The van der Waals surface area contributed by atoms with Crippen LogP contribution in [0.3, 0.4) is 0 Å². The molecule has 0 aliphatic heterocycles. The van der Waals surface area contributed by atoms with Crippen LogP contribution in [0.15, 0.2) is 0 Å². The van der Waals surface area contributed by atoms with Crippen LogP contribution < -0.4 is 25.7 Å². The van der Waals surface area contributed by atoms with Crippen molar-refractivity contribution in [2.45, 2.75) is 0 Å². The van der Waals surface area contributed by atoms with E-state index >= 15 is 0 Å². The standard InChI is InChI=1S/5H3NO3S.V/c5*1-5(2,3)4;/h5*(H3,1,2,3,4);/p-5. The van der Waals surface area contributed by atoms with Gasteiger partial charge in [0.2, 0.25) is 0 Å². The molecule has 0 rings (SSSR count). The minimum atomic E-state index is -4.42. The number of hydrogen-bond acceptors (Lipinski definition) is 15. The largest absolute Gasteiger partial charge is 0.736 e. The molecular formula is H10N5O15S5V-5. The van der Waals surface area contributed by atoms with Gasteiger partial charge in [-0.05, 0) is 0 Å². The van der Waals surface area contributed by atoms with Crippen molar-refractivity contribution in [3.05, 3.63) is 0 Å². The van der Waals surface area contributed by atoms with Crippen molar-refractivity contribution in [2.75, 3.05) is 0 Å². The molecule has 0 atom stereocenters. The molecule has 1 radical (unpaired) electrons. The second-order valence-electron chi connectivity index (χ2n) is 2.46. The van der Waals surface area contributed by atoms with Gasteiger partial charge in [0.15, 0.2) is 51.5 Å². The quantitative estimate of drug-likeness (QED) is 0.181. The predicted octanol–water partition coefficient (Wildman–Crippen LogP) is -7.98. The first-order valence-electron chi connectivity index (χ1n) is 3.68. The number of rotatable bonds is 0. The van der Waals surface area contributed by atoms with Crippen molar-refractivity contribution in [3.8, 4) is 0 Å². The maximum Gasteiger partial charge on any atom is 0.156 e. The van der Waals surface area contributed by atoms with Gasteiger partial charge >= 0.3 is 0 Å². The van der Waals surface area contributed by atoms with E-state index in [-0.39, 0.29) is 18.6 Å². The Morgan fingerprint density at radius 2 is 0.346 bits per heavy atom. The van der Waals surface area contributed by atoms with Crippen molar-refractivity contribution >= 4 is 51.5 Å². The maximum atomic E-state index is 8.85. The number of nitrogens with two attached hydrogens (primary N) is 5. The van der Waals surface area contributed by atoms with Crippen LogP contribution in [-0.4, -0.2) is 64.9 Å². The van der Waals surface area contributed by atoms with E-state index in [0.29, 0.717) is 0 Å². The third kappa shape index (κ3) is 2930000. The van der Waals surface area contributed by atoms with Gasteiger partial charge in [0, 0.05) is 18.6 Å². The second kappa shape index (κ2) is 15.9. The average Bonchev–Trinajstić information content (AvgIpc) is 1.79. The van der Waals surface area contributed by atoms with E-state index in [9.17, 15) is 0 Å². The van der Waals surface area contributed by atoms with Gasteiger partial charge in [-0.15, -0.1) is 0 Å². The van der Waals surface area contributed by atoms with Crippen LogP contribution in [0.1, 0.15) is 0 Å². The van der Waals surface area contributed by atoms with Gasteiger partial charge in [-0.3, -0.25) is 0 Å².